The molecule has 0 aliphatic heterocycles. The molecule has 1 aliphatic rings. The molecule has 0 fully saturated rings. The molecule has 2 heteroatoms. The van der Waals surface area contributed by atoms with Crippen LogP contribution in [0, 0.1) is 0 Å². The third-order valence-electron chi connectivity index (χ3n) is 5.05. The Morgan fingerprint density at radius 3 is 2.18 bits per heavy atom. The molecule has 0 amide bonds. The molecule has 0 heterocycles. The molecule has 1 unspecified atom stereocenters. The van der Waals surface area contributed by atoms with Crippen LogP contribution in [0.15, 0.2) is 42.5 Å². The average molecular weight is 296 g/mol. The summed E-state index contributed by atoms with van der Waals surface area (Å²) in [6, 6.07) is 14.9. The van der Waals surface area contributed by atoms with E-state index in [1.165, 1.54) is 16.7 Å². The molecule has 2 nitrogen and oxygen atoms in total. The van der Waals surface area contributed by atoms with Crippen molar-refractivity contribution < 1.29 is 9.47 Å². The number of rotatable bonds is 3. The van der Waals surface area contributed by atoms with Gasteiger partial charge in [-0.3, -0.25) is 0 Å². The number of fused-ring (bicyclic) bond motifs is 1. The monoisotopic (exact) mass is 296 g/mol. The number of benzene rings is 2. The van der Waals surface area contributed by atoms with Crippen LogP contribution in [-0.2, 0) is 10.8 Å². The lowest BCUT2D eigenvalue weighted by molar-refractivity contribution is 0.404. The molecule has 0 aromatic heterocycles. The van der Waals surface area contributed by atoms with Crippen molar-refractivity contribution in [3.8, 4) is 11.5 Å². The highest BCUT2D eigenvalue weighted by atomic mass is 16.5. The van der Waals surface area contributed by atoms with Crippen LogP contribution in [0.4, 0.5) is 0 Å². The van der Waals surface area contributed by atoms with Crippen LogP contribution >= 0.6 is 0 Å². The zero-order valence-corrected chi connectivity index (χ0v) is 14.1. The highest BCUT2D eigenvalue weighted by molar-refractivity contribution is 5.54. The second-order valence-electron chi connectivity index (χ2n) is 7.04. The van der Waals surface area contributed by atoms with Gasteiger partial charge in [-0.25, -0.2) is 0 Å². The van der Waals surface area contributed by atoms with Gasteiger partial charge in [0.25, 0.3) is 0 Å². The van der Waals surface area contributed by atoms with Gasteiger partial charge in [0.05, 0.1) is 14.2 Å². The Morgan fingerprint density at radius 1 is 0.818 bits per heavy atom. The molecule has 3 rings (SSSR count). The second-order valence-corrected chi connectivity index (χ2v) is 7.04. The number of hydrogen-bond acceptors (Lipinski definition) is 2. The normalized spacial score (nSPS) is 22.2. The van der Waals surface area contributed by atoms with Crippen LogP contribution in [0.25, 0.3) is 0 Å². The Labute approximate surface area is 133 Å². The molecule has 0 radical (unpaired) electrons. The van der Waals surface area contributed by atoms with E-state index in [0.29, 0.717) is 0 Å². The van der Waals surface area contributed by atoms with Crippen molar-refractivity contribution in [2.24, 2.45) is 0 Å². The van der Waals surface area contributed by atoms with Crippen LogP contribution in [0.3, 0.4) is 0 Å². The molecule has 2 aromatic rings. The first-order valence-corrected chi connectivity index (χ1v) is 7.74. The molecule has 1 aliphatic carbocycles. The quantitative estimate of drug-likeness (QED) is 0.818. The Hall–Kier alpha value is -1.96. The third-order valence-corrected chi connectivity index (χ3v) is 5.05. The van der Waals surface area contributed by atoms with Gasteiger partial charge in [0.1, 0.15) is 11.5 Å². The summed E-state index contributed by atoms with van der Waals surface area (Å²) in [5.74, 6) is 1.85. The lowest BCUT2D eigenvalue weighted by Crippen LogP contribution is -2.23. The number of methoxy groups -OCH3 is 2. The Kier molecular flexibility index (Phi) is 3.43. The molecule has 2 aromatic carbocycles. The predicted molar refractivity (Wildman–Crippen MR) is 90.1 cm³/mol. The minimum atomic E-state index is -0.000352. The number of hydrogen-bond donors (Lipinski definition) is 0. The van der Waals surface area contributed by atoms with Crippen molar-refractivity contribution >= 4 is 0 Å². The highest BCUT2D eigenvalue weighted by Gasteiger charge is 2.45. The topological polar surface area (TPSA) is 18.5 Å². The molecular weight excluding hydrogens is 272 g/mol. The molecule has 0 bridgehead atoms. The summed E-state index contributed by atoms with van der Waals surface area (Å²) in [5, 5.41) is 0. The summed E-state index contributed by atoms with van der Waals surface area (Å²) < 4.78 is 10.8. The van der Waals surface area contributed by atoms with Crippen molar-refractivity contribution in [2.75, 3.05) is 14.2 Å². The van der Waals surface area contributed by atoms with Crippen LogP contribution in [0.1, 0.15) is 43.9 Å². The minimum absolute atomic E-state index is 0.000352. The molecule has 1 atom stereocenters. The summed E-state index contributed by atoms with van der Waals surface area (Å²) >= 11 is 0. The van der Waals surface area contributed by atoms with E-state index >= 15 is 0 Å². The lowest BCUT2D eigenvalue weighted by Gasteiger charge is -2.28. The van der Waals surface area contributed by atoms with Gasteiger partial charge in [0.2, 0.25) is 0 Å². The van der Waals surface area contributed by atoms with Crippen molar-refractivity contribution in [1.82, 2.24) is 0 Å². The van der Waals surface area contributed by atoms with E-state index in [0.717, 1.165) is 17.9 Å². The van der Waals surface area contributed by atoms with Gasteiger partial charge in [-0.2, -0.15) is 0 Å². The van der Waals surface area contributed by atoms with Crippen molar-refractivity contribution in [3.63, 3.8) is 0 Å². The zero-order valence-electron chi connectivity index (χ0n) is 14.1. The van der Waals surface area contributed by atoms with E-state index in [9.17, 15) is 0 Å². The van der Waals surface area contributed by atoms with E-state index in [-0.39, 0.29) is 10.8 Å². The van der Waals surface area contributed by atoms with E-state index in [1.54, 1.807) is 14.2 Å². The SMILES string of the molecule is COc1cccc(C2(C)CC(C)(C)c3cc(OC)ccc32)c1. The van der Waals surface area contributed by atoms with Gasteiger partial charge < -0.3 is 9.47 Å². The molecule has 0 spiro atoms. The van der Waals surface area contributed by atoms with Crippen molar-refractivity contribution in [3.05, 3.63) is 59.2 Å². The first-order valence-electron chi connectivity index (χ1n) is 7.74. The molecule has 116 valence electrons. The van der Waals surface area contributed by atoms with Gasteiger partial charge in [-0.15, -0.1) is 0 Å². The maximum Gasteiger partial charge on any atom is 0.119 e. The fraction of sp³-hybridized carbons (Fsp3) is 0.400. The Bertz CT molecular complexity index is 703. The van der Waals surface area contributed by atoms with Crippen LogP contribution in [-0.4, -0.2) is 14.2 Å². The van der Waals surface area contributed by atoms with Gasteiger partial charge in [0, 0.05) is 5.41 Å². The maximum absolute atomic E-state index is 5.42. The highest BCUT2D eigenvalue weighted by Crippen LogP contribution is 2.53. The van der Waals surface area contributed by atoms with E-state index < -0.39 is 0 Å². The summed E-state index contributed by atoms with van der Waals surface area (Å²) in [4.78, 5) is 0. The van der Waals surface area contributed by atoms with Crippen molar-refractivity contribution in [2.45, 2.75) is 38.0 Å². The first kappa shape index (κ1) is 15.0. The van der Waals surface area contributed by atoms with Crippen LogP contribution in [0.2, 0.25) is 0 Å². The number of ether oxygens (including phenoxy) is 2. The fourth-order valence-electron chi connectivity index (χ4n) is 3.99. The van der Waals surface area contributed by atoms with Gasteiger partial charge >= 0.3 is 0 Å². The predicted octanol–water partition coefficient (Wildman–Crippen LogP) is 4.69. The Morgan fingerprint density at radius 2 is 1.50 bits per heavy atom. The van der Waals surface area contributed by atoms with Crippen molar-refractivity contribution in [1.29, 1.82) is 0 Å². The van der Waals surface area contributed by atoms with Gasteiger partial charge in [-0.05, 0) is 52.8 Å². The van der Waals surface area contributed by atoms with Crippen LogP contribution < -0.4 is 9.47 Å². The fourth-order valence-corrected chi connectivity index (χ4v) is 3.99. The second kappa shape index (κ2) is 5.05. The molecule has 0 N–H and O–H groups in total. The summed E-state index contributed by atoms with van der Waals surface area (Å²) in [6.45, 7) is 6.97. The van der Waals surface area contributed by atoms with Gasteiger partial charge in [0.15, 0.2) is 0 Å². The van der Waals surface area contributed by atoms with Gasteiger partial charge in [-0.1, -0.05) is 39.0 Å². The average Bonchev–Trinajstić information content (AvgIpc) is 2.74. The lowest BCUT2D eigenvalue weighted by atomic mass is 9.75. The van der Waals surface area contributed by atoms with Crippen LogP contribution in [0.5, 0.6) is 11.5 Å². The molecule has 0 saturated carbocycles. The smallest absolute Gasteiger partial charge is 0.119 e. The largest absolute Gasteiger partial charge is 0.497 e. The third kappa shape index (κ3) is 2.18. The summed E-state index contributed by atoms with van der Waals surface area (Å²) in [7, 11) is 3.45. The zero-order chi connectivity index (χ0) is 16.0. The summed E-state index contributed by atoms with van der Waals surface area (Å²) in [5.41, 5.74) is 4.22. The molecule has 22 heavy (non-hydrogen) atoms. The standard InChI is InChI=1S/C20H24O2/c1-19(2)13-20(3,14-7-6-8-15(11-14)21-4)17-10-9-16(22-5)12-18(17)19/h6-12H,13H2,1-5H3. The molecule has 0 saturated heterocycles. The van der Waals surface area contributed by atoms with E-state index in [4.69, 9.17) is 9.47 Å². The van der Waals surface area contributed by atoms with E-state index in [2.05, 4.69) is 57.2 Å². The summed E-state index contributed by atoms with van der Waals surface area (Å²) in [6.07, 6.45) is 1.08. The maximum atomic E-state index is 5.42. The first-order chi connectivity index (χ1) is 10.4. The Balaban J connectivity index is 2.17. The molecular formula is C20H24O2. The minimum Gasteiger partial charge on any atom is -0.497 e. The van der Waals surface area contributed by atoms with E-state index in [1.807, 2.05) is 6.07 Å².